The van der Waals surface area contributed by atoms with Crippen molar-refractivity contribution in [1.82, 2.24) is 9.80 Å². The molecule has 1 atom stereocenters. The van der Waals surface area contributed by atoms with E-state index < -0.39 is 11.8 Å². The van der Waals surface area contributed by atoms with Crippen LogP contribution in [0.15, 0.2) is 24.3 Å². The van der Waals surface area contributed by atoms with Crippen LogP contribution in [0.5, 0.6) is 0 Å². The maximum absolute atomic E-state index is 12.3. The van der Waals surface area contributed by atoms with E-state index in [4.69, 9.17) is 5.73 Å². The average molecular weight is 287 g/mol. The number of amides is 3. The molecule has 1 aromatic carbocycles. The van der Waals surface area contributed by atoms with Crippen molar-refractivity contribution in [3.8, 4) is 0 Å². The Balaban J connectivity index is 1.73. The molecule has 3 rings (SSSR count). The lowest BCUT2D eigenvalue weighted by atomic mass is 10.1. The molecule has 1 unspecified atom stereocenters. The minimum atomic E-state index is -0.398. The molecule has 0 aliphatic carbocycles. The van der Waals surface area contributed by atoms with Crippen LogP contribution in [0, 0.1) is 0 Å². The molecule has 21 heavy (non-hydrogen) atoms. The van der Waals surface area contributed by atoms with Gasteiger partial charge in [0.2, 0.25) is 5.91 Å². The van der Waals surface area contributed by atoms with E-state index in [1.165, 1.54) is 0 Å². The molecule has 1 fully saturated rings. The predicted molar refractivity (Wildman–Crippen MR) is 75.6 cm³/mol. The van der Waals surface area contributed by atoms with Crippen molar-refractivity contribution in [3.05, 3.63) is 35.4 Å². The van der Waals surface area contributed by atoms with E-state index in [2.05, 4.69) is 0 Å². The number of carbonyl (C=O) groups is 3. The Hall–Kier alpha value is -2.21. The van der Waals surface area contributed by atoms with Crippen LogP contribution in [0.2, 0.25) is 0 Å². The summed E-state index contributed by atoms with van der Waals surface area (Å²) in [4.78, 5) is 39.3. The zero-order valence-corrected chi connectivity index (χ0v) is 11.6. The van der Waals surface area contributed by atoms with Gasteiger partial charge in [-0.15, -0.1) is 0 Å². The predicted octanol–water partition coefficient (Wildman–Crippen LogP) is 0.232. The zero-order valence-electron chi connectivity index (χ0n) is 11.6. The summed E-state index contributed by atoms with van der Waals surface area (Å²) in [6.45, 7) is 0.913. The van der Waals surface area contributed by atoms with Crippen molar-refractivity contribution in [1.29, 1.82) is 0 Å². The molecule has 1 aromatic rings. The topological polar surface area (TPSA) is 83.7 Å². The molecule has 2 aliphatic rings. The van der Waals surface area contributed by atoms with Gasteiger partial charge in [0.15, 0.2) is 0 Å². The molecule has 1 saturated heterocycles. The first-order valence-corrected chi connectivity index (χ1v) is 7.06. The highest BCUT2D eigenvalue weighted by Gasteiger charge is 2.37. The van der Waals surface area contributed by atoms with Gasteiger partial charge in [0, 0.05) is 19.1 Å². The molecule has 2 heterocycles. The fourth-order valence-electron chi connectivity index (χ4n) is 2.85. The van der Waals surface area contributed by atoms with E-state index in [1.807, 2.05) is 0 Å². The summed E-state index contributed by atoms with van der Waals surface area (Å²) in [6, 6.07) is 6.61. The Morgan fingerprint density at radius 1 is 1.19 bits per heavy atom. The zero-order chi connectivity index (χ0) is 15.0. The number of nitrogens with two attached hydrogens (primary N) is 1. The van der Waals surface area contributed by atoms with Crippen molar-refractivity contribution in [2.45, 2.75) is 18.9 Å². The smallest absolute Gasteiger partial charge is 0.262 e. The number of carbonyl (C=O) groups excluding carboxylic acids is 3. The molecule has 110 valence electrons. The maximum Gasteiger partial charge on any atom is 0.262 e. The van der Waals surface area contributed by atoms with E-state index in [9.17, 15) is 14.4 Å². The van der Waals surface area contributed by atoms with Gasteiger partial charge in [0.05, 0.1) is 11.1 Å². The van der Waals surface area contributed by atoms with E-state index in [0.717, 1.165) is 17.7 Å². The van der Waals surface area contributed by atoms with Gasteiger partial charge in [-0.1, -0.05) is 12.1 Å². The highest BCUT2D eigenvalue weighted by molar-refractivity contribution is 6.22. The lowest BCUT2D eigenvalue weighted by Crippen LogP contribution is -2.49. The number of benzene rings is 1. The number of imide groups is 1. The summed E-state index contributed by atoms with van der Waals surface area (Å²) in [5, 5.41) is 0. The molecule has 2 aliphatic heterocycles. The SMILES string of the molecule is NC1CCCN(C(=O)CN2C(=O)c3ccccc3C2=O)C1. The van der Waals surface area contributed by atoms with Crippen molar-refractivity contribution in [2.75, 3.05) is 19.6 Å². The molecule has 3 amide bonds. The number of hydrogen-bond acceptors (Lipinski definition) is 4. The summed E-state index contributed by atoms with van der Waals surface area (Å²) in [7, 11) is 0. The molecule has 2 N–H and O–H groups in total. The number of rotatable bonds is 2. The van der Waals surface area contributed by atoms with E-state index in [-0.39, 0.29) is 18.5 Å². The first-order valence-electron chi connectivity index (χ1n) is 7.06. The van der Waals surface area contributed by atoms with Crippen LogP contribution in [0.4, 0.5) is 0 Å². The third-order valence-electron chi connectivity index (χ3n) is 3.98. The quantitative estimate of drug-likeness (QED) is 0.789. The first-order chi connectivity index (χ1) is 10.1. The molecule has 0 saturated carbocycles. The van der Waals surface area contributed by atoms with Crippen LogP contribution < -0.4 is 5.73 Å². The fourth-order valence-corrected chi connectivity index (χ4v) is 2.85. The lowest BCUT2D eigenvalue weighted by Gasteiger charge is -2.31. The Bertz CT molecular complexity index is 579. The Kier molecular flexibility index (Phi) is 3.47. The van der Waals surface area contributed by atoms with Gasteiger partial charge in [0.1, 0.15) is 6.54 Å². The van der Waals surface area contributed by atoms with Crippen molar-refractivity contribution >= 4 is 17.7 Å². The second-order valence-corrected chi connectivity index (χ2v) is 5.48. The van der Waals surface area contributed by atoms with E-state index in [1.54, 1.807) is 29.2 Å². The van der Waals surface area contributed by atoms with Gasteiger partial charge in [-0.25, -0.2) is 0 Å². The fraction of sp³-hybridized carbons (Fsp3) is 0.400. The second kappa shape index (κ2) is 5.29. The Labute approximate surface area is 122 Å². The summed E-state index contributed by atoms with van der Waals surface area (Å²) >= 11 is 0. The summed E-state index contributed by atoms with van der Waals surface area (Å²) in [5.41, 5.74) is 6.59. The van der Waals surface area contributed by atoms with Crippen LogP contribution in [-0.4, -0.2) is 53.2 Å². The van der Waals surface area contributed by atoms with Crippen LogP contribution >= 0.6 is 0 Å². The lowest BCUT2D eigenvalue weighted by molar-refractivity contribution is -0.132. The minimum absolute atomic E-state index is 0.0233. The molecule has 0 radical (unpaired) electrons. The summed E-state index contributed by atoms with van der Waals surface area (Å²) < 4.78 is 0. The van der Waals surface area contributed by atoms with E-state index >= 15 is 0 Å². The minimum Gasteiger partial charge on any atom is -0.340 e. The average Bonchev–Trinajstić information content (AvgIpc) is 2.73. The van der Waals surface area contributed by atoms with Gasteiger partial charge >= 0.3 is 0 Å². The van der Waals surface area contributed by atoms with Crippen LogP contribution in [0.1, 0.15) is 33.6 Å². The van der Waals surface area contributed by atoms with Gasteiger partial charge in [-0.2, -0.15) is 0 Å². The Morgan fingerprint density at radius 3 is 2.38 bits per heavy atom. The maximum atomic E-state index is 12.3. The number of hydrogen-bond donors (Lipinski definition) is 1. The third-order valence-corrected chi connectivity index (χ3v) is 3.98. The number of nitrogens with zero attached hydrogens (tertiary/aromatic N) is 2. The second-order valence-electron chi connectivity index (χ2n) is 5.48. The van der Waals surface area contributed by atoms with Gasteiger partial charge in [-0.05, 0) is 25.0 Å². The molecule has 0 spiro atoms. The molecular formula is C15H17N3O3. The van der Waals surface area contributed by atoms with Crippen molar-refractivity contribution < 1.29 is 14.4 Å². The molecular weight excluding hydrogens is 270 g/mol. The summed E-state index contributed by atoms with van der Waals surface area (Å²) in [5.74, 6) is -1.02. The standard InChI is InChI=1S/C15H17N3O3/c16-10-4-3-7-17(8-10)13(19)9-18-14(20)11-5-1-2-6-12(11)15(18)21/h1-2,5-6,10H,3-4,7-9,16H2. The third kappa shape index (κ3) is 2.42. The van der Waals surface area contributed by atoms with Crippen LogP contribution in [-0.2, 0) is 4.79 Å². The molecule has 0 bridgehead atoms. The van der Waals surface area contributed by atoms with Gasteiger partial charge in [-0.3, -0.25) is 19.3 Å². The largest absolute Gasteiger partial charge is 0.340 e. The molecule has 0 aromatic heterocycles. The van der Waals surface area contributed by atoms with Crippen molar-refractivity contribution in [2.24, 2.45) is 5.73 Å². The summed E-state index contributed by atoms with van der Waals surface area (Å²) in [6.07, 6.45) is 1.76. The molecule has 6 heteroatoms. The highest BCUT2D eigenvalue weighted by atomic mass is 16.2. The number of fused-ring (bicyclic) bond motifs is 1. The molecule has 6 nitrogen and oxygen atoms in total. The van der Waals surface area contributed by atoms with E-state index in [0.29, 0.717) is 24.2 Å². The number of piperidine rings is 1. The monoisotopic (exact) mass is 287 g/mol. The van der Waals surface area contributed by atoms with Crippen LogP contribution in [0.3, 0.4) is 0 Å². The van der Waals surface area contributed by atoms with Crippen molar-refractivity contribution in [3.63, 3.8) is 0 Å². The van der Waals surface area contributed by atoms with Gasteiger partial charge in [0.25, 0.3) is 11.8 Å². The van der Waals surface area contributed by atoms with Gasteiger partial charge < -0.3 is 10.6 Å². The first kappa shape index (κ1) is 13.8. The number of likely N-dealkylation sites (tertiary alicyclic amines) is 1. The Morgan fingerprint density at radius 2 is 1.81 bits per heavy atom. The highest BCUT2D eigenvalue weighted by Crippen LogP contribution is 2.22. The van der Waals surface area contributed by atoms with Crippen LogP contribution in [0.25, 0.3) is 0 Å². The normalized spacial score (nSPS) is 21.7.